The largest absolute Gasteiger partial charge is 0.387 e. The van der Waals surface area contributed by atoms with Crippen LogP contribution in [0.2, 0.25) is 0 Å². The Morgan fingerprint density at radius 2 is 1.72 bits per heavy atom. The summed E-state index contributed by atoms with van der Waals surface area (Å²) in [6.45, 7) is 1.98. The van der Waals surface area contributed by atoms with Crippen molar-refractivity contribution in [2.75, 3.05) is 0 Å². The number of halogens is 2. The smallest absolute Gasteiger partial charge is 0.193 e. The Bertz CT molecular complexity index is 445. The summed E-state index contributed by atoms with van der Waals surface area (Å²) in [6, 6.07) is 7.41. The van der Waals surface area contributed by atoms with Crippen LogP contribution in [0.3, 0.4) is 0 Å². The molecule has 0 heterocycles. The van der Waals surface area contributed by atoms with E-state index in [-0.39, 0.29) is 5.78 Å². The molecule has 0 amide bonds. The lowest BCUT2D eigenvalue weighted by molar-refractivity contribution is 0.0367. The van der Waals surface area contributed by atoms with E-state index < -0.39 is 8.83 Å². The van der Waals surface area contributed by atoms with Crippen molar-refractivity contribution in [3.63, 3.8) is 0 Å². The molecule has 0 atom stereocenters. The molecule has 2 nitrogen and oxygen atoms in total. The number of hydrogen-bond donors (Lipinski definition) is 1. The molecule has 1 fully saturated rings. The van der Waals surface area contributed by atoms with Crippen LogP contribution in [0.5, 0.6) is 0 Å². The van der Waals surface area contributed by atoms with Crippen LogP contribution in [0, 0.1) is 6.92 Å². The number of ketones is 1. The highest BCUT2D eigenvalue weighted by Gasteiger charge is 2.53. The molecule has 0 aliphatic heterocycles. The molecule has 0 saturated heterocycles. The highest BCUT2D eigenvalue weighted by molar-refractivity contribution is 9.26. The number of alkyl halides is 2. The summed E-state index contributed by atoms with van der Waals surface area (Å²) in [5.74, 6) is -0.119. The minimum absolute atomic E-state index is 0.119. The van der Waals surface area contributed by atoms with Crippen LogP contribution in [0.1, 0.15) is 41.6 Å². The molecule has 1 aliphatic rings. The first-order valence-corrected chi connectivity index (χ1v) is 7.67. The second-order valence-electron chi connectivity index (χ2n) is 5.01. The summed E-state index contributed by atoms with van der Waals surface area (Å²) in [7, 11) is 0. The molecule has 0 aromatic heterocycles. The molecule has 2 rings (SSSR count). The third-order valence-corrected chi connectivity index (χ3v) is 5.81. The Hall–Kier alpha value is -0.190. The van der Waals surface area contributed by atoms with Gasteiger partial charge in [0.2, 0.25) is 0 Å². The maximum absolute atomic E-state index is 12.5. The number of Topliss-reactive ketones (excluding diaryl/α,β-unsaturated/α-hetero) is 1. The molecule has 1 aromatic carbocycles. The number of benzene rings is 1. The molecule has 1 aliphatic carbocycles. The standard InChI is InChI=1S/C14H16Br2O2/c1-10-4-6-11(7-5-10)12(17)14(15,16)13(18)8-2-3-9-13/h4-7,18H,2-3,8-9H2,1H3. The van der Waals surface area contributed by atoms with Crippen molar-refractivity contribution in [1.29, 1.82) is 0 Å². The van der Waals surface area contributed by atoms with Gasteiger partial charge in [0.25, 0.3) is 0 Å². The first kappa shape index (κ1) is 14.2. The van der Waals surface area contributed by atoms with Crippen molar-refractivity contribution in [2.45, 2.75) is 41.4 Å². The zero-order valence-electron chi connectivity index (χ0n) is 10.2. The van der Waals surface area contributed by atoms with E-state index in [0.717, 1.165) is 18.4 Å². The monoisotopic (exact) mass is 374 g/mol. The molecule has 0 radical (unpaired) electrons. The average molecular weight is 376 g/mol. The van der Waals surface area contributed by atoms with Gasteiger partial charge in [0, 0.05) is 5.56 Å². The van der Waals surface area contributed by atoms with Gasteiger partial charge in [-0.2, -0.15) is 0 Å². The maximum atomic E-state index is 12.5. The fourth-order valence-corrected chi connectivity index (χ4v) is 3.62. The fraction of sp³-hybridized carbons (Fsp3) is 0.500. The van der Waals surface area contributed by atoms with Crippen LogP contribution in [-0.4, -0.2) is 19.7 Å². The minimum Gasteiger partial charge on any atom is -0.387 e. The molecule has 1 N–H and O–H groups in total. The number of aliphatic hydroxyl groups is 1. The summed E-state index contributed by atoms with van der Waals surface area (Å²) in [5, 5.41) is 10.6. The quantitative estimate of drug-likeness (QED) is 0.641. The highest BCUT2D eigenvalue weighted by atomic mass is 79.9. The number of aryl methyl sites for hydroxylation is 1. The molecule has 98 valence electrons. The van der Waals surface area contributed by atoms with Gasteiger partial charge in [-0.25, -0.2) is 0 Å². The predicted octanol–water partition coefficient (Wildman–Crippen LogP) is 3.97. The van der Waals surface area contributed by atoms with Gasteiger partial charge < -0.3 is 5.11 Å². The van der Waals surface area contributed by atoms with E-state index in [0.29, 0.717) is 18.4 Å². The van der Waals surface area contributed by atoms with Gasteiger partial charge in [0.1, 0.15) is 0 Å². The molecule has 1 saturated carbocycles. The van der Waals surface area contributed by atoms with E-state index in [2.05, 4.69) is 31.9 Å². The lowest BCUT2D eigenvalue weighted by Crippen LogP contribution is -2.48. The van der Waals surface area contributed by atoms with E-state index in [1.165, 1.54) is 0 Å². The van der Waals surface area contributed by atoms with Crippen molar-refractivity contribution in [1.82, 2.24) is 0 Å². The molecule has 18 heavy (non-hydrogen) atoms. The van der Waals surface area contributed by atoms with Gasteiger partial charge in [-0.3, -0.25) is 4.79 Å². The molecule has 0 spiro atoms. The van der Waals surface area contributed by atoms with Gasteiger partial charge in [-0.05, 0) is 19.8 Å². The van der Waals surface area contributed by atoms with Gasteiger partial charge in [-0.1, -0.05) is 74.5 Å². The summed E-state index contributed by atoms with van der Waals surface area (Å²) in [4.78, 5) is 12.5. The summed E-state index contributed by atoms with van der Waals surface area (Å²) in [6.07, 6.45) is 3.19. The van der Waals surface area contributed by atoms with Crippen LogP contribution in [-0.2, 0) is 0 Å². The third-order valence-electron chi connectivity index (χ3n) is 3.61. The molecule has 0 unspecified atom stereocenters. The van der Waals surface area contributed by atoms with Crippen LogP contribution < -0.4 is 0 Å². The molecular weight excluding hydrogens is 360 g/mol. The van der Waals surface area contributed by atoms with Crippen LogP contribution in [0.25, 0.3) is 0 Å². The molecular formula is C14H16Br2O2. The van der Waals surface area contributed by atoms with Crippen molar-refractivity contribution in [3.05, 3.63) is 35.4 Å². The van der Waals surface area contributed by atoms with Crippen LogP contribution >= 0.6 is 31.9 Å². The van der Waals surface area contributed by atoms with E-state index in [9.17, 15) is 9.90 Å². The molecule has 0 bridgehead atoms. The first-order chi connectivity index (χ1) is 8.37. The van der Waals surface area contributed by atoms with E-state index in [1.54, 1.807) is 12.1 Å². The number of carbonyl (C=O) groups is 1. The first-order valence-electron chi connectivity index (χ1n) is 6.08. The zero-order chi connectivity index (χ0) is 13.4. The number of rotatable bonds is 3. The van der Waals surface area contributed by atoms with E-state index in [4.69, 9.17) is 0 Å². The highest BCUT2D eigenvalue weighted by Crippen LogP contribution is 2.49. The summed E-state index contributed by atoms with van der Waals surface area (Å²) >= 11 is 6.81. The number of hydrogen-bond acceptors (Lipinski definition) is 2. The second-order valence-corrected chi connectivity index (χ2v) is 8.45. The van der Waals surface area contributed by atoms with Crippen molar-refractivity contribution in [2.24, 2.45) is 0 Å². The average Bonchev–Trinajstić information content (AvgIpc) is 2.78. The summed E-state index contributed by atoms with van der Waals surface area (Å²) in [5.41, 5.74) is 0.713. The van der Waals surface area contributed by atoms with Crippen molar-refractivity contribution < 1.29 is 9.90 Å². The molecule has 1 aromatic rings. The van der Waals surface area contributed by atoms with Gasteiger partial charge in [-0.15, -0.1) is 0 Å². The normalized spacial score (nSPS) is 18.9. The fourth-order valence-electron chi connectivity index (χ4n) is 2.37. The number of carbonyl (C=O) groups excluding carboxylic acids is 1. The Morgan fingerprint density at radius 3 is 2.22 bits per heavy atom. The predicted molar refractivity (Wildman–Crippen MR) is 79.5 cm³/mol. The lowest BCUT2D eigenvalue weighted by Gasteiger charge is -2.35. The topological polar surface area (TPSA) is 37.3 Å². The maximum Gasteiger partial charge on any atom is 0.193 e. The van der Waals surface area contributed by atoms with Crippen LogP contribution in [0.15, 0.2) is 24.3 Å². The minimum atomic E-state index is -1.08. The Morgan fingerprint density at radius 1 is 1.22 bits per heavy atom. The SMILES string of the molecule is Cc1ccc(C(=O)C(Br)(Br)C2(O)CCCC2)cc1. The Labute approximate surface area is 124 Å². The van der Waals surface area contributed by atoms with E-state index >= 15 is 0 Å². The Balaban J connectivity index is 2.29. The van der Waals surface area contributed by atoms with Gasteiger partial charge in [0.15, 0.2) is 9.02 Å². The summed E-state index contributed by atoms with van der Waals surface area (Å²) < 4.78 is -1.08. The zero-order valence-corrected chi connectivity index (χ0v) is 13.4. The van der Waals surface area contributed by atoms with Gasteiger partial charge >= 0.3 is 0 Å². The van der Waals surface area contributed by atoms with Crippen molar-refractivity contribution in [3.8, 4) is 0 Å². The van der Waals surface area contributed by atoms with E-state index in [1.807, 2.05) is 19.1 Å². The Kier molecular flexibility index (Phi) is 4.00. The lowest BCUT2D eigenvalue weighted by atomic mass is 9.92. The van der Waals surface area contributed by atoms with Gasteiger partial charge in [0.05, 0.1) is 5.60 Å². The second kappa shape index (κ2) is 5.06. The third kappa shape index (κ3) is 2.43. The molecule has 4 heteroatoms. The van der Waals surface area contributed by atoms with Crippen molar-refractivity contribution >= 4 is 37.6 Å². The van der Waals surface area contributed by atoms with Crippen LogP contribution in [0.4, 0.5) is 0 Å².